The van der Waals surface area contributed by atoms with Crippen molar-refractivity contribution in [3.63, 3.8) is 0 Å². The molecule has 7 nitrogen and oxygen atoms in total. The molecular weight excluding hydrogens is 288 g/mol. The summed E-state index contributed by atoms with van der Waals surface area (Å²) in [5.74, 6) is -1.78. The van der Waals surface area contributed by atoms with Crippen molar-refractivity contribution in [1.29, 1.82) is 0 Å². The number of carbonyl (C=O) groups excluding carboxylic acids is 2. The molecule has 1 aromatic rings. The number of hydrogen-bond acceptors (Lipinski definition) is 4. The fourth-order valence-electron chi connectivity index (χ4n) is 2.21. The Morgan fingerprint density at radius 1 is 1.41 bits per heavy atom. The molecule has 0 aliphatic carbocycles. The molecular formula is C15H18N2O5. The smallest absolute Gasteiger partial charge is 0.335 e. The summed E-state index contributed by atoms with van der Waals surface area (Å²) in [6.45, 7) is 1.06. The van der Waals surface area contributed by atoms with E-state index in [9.17, 15) is 14.4 Å². The van der Waals surface area contributed by atoms with Crippen LogP contribution in [0.15, 0.2) is 24.3 Å². The highest BCUT2D eigenvalue weighted by atomic mass is 16.5. The maximum atomic E-state index is 11.9. The van der Waals surface area contributed by atoms with Crippen molar-refractivity contribution in [2.75, 3.05) is 19.7 Å². The average molecular weight is 306 g/mol. The lowest BCUT2D eigenvalue weighted by molar-refractivity contribution is -0.136. The van der Waals surface area contributed by atoms with Gasteiger partial charge in [-0.2, -0.15) is 0 Å². The lowest BCUT2D eigenvalue weighted by Gasteiger charge is -2.21. The van der Waals surface area contributed by atoms with Crippen LogP contribution in [0.1, 0.15) is 23.2 Å². The Kier molecular flexibility index (Phi) is 5.35. The van der Waals surface area contributed by atoms with Gasteiger partial charge in [0, 0.05) is 6.54 Å². The van der Waals surface area contributed by atoms with E-state index < -0.39 is 11.9 Å². The van der Waals surface area contributed by atoms with Gasteiger partial charge in [0.15, 0.2) is 0 Å². The summed E-state index contributed by atoms with van der Waals surface area (Å²) in [5, 5.41) is 14.2. The summed E-state index contributed by atoms with van der Waals surface area (Å²) in [4.78, 5) is 34.2. The van der Waals surface area contributed by atoms with Crippen LogP contribution in [0.3, 0.4) is 0 Å². The first-order valence-corrected chi connectivity index (χ1v) is 7.09. The van der Waals surface area contributed by atoms with Gasteiger partial charge in [0.2, 0.25) is 11.8 Å². The Labute approximate surface area is 127 Å². The molecule has 2 rings (SSSR count). The minimum Gasteiger partial charge on any atom is -0.492 e. The molecule has 118 valence electrons. The summed E-state index contributed by atoms with van der Waals surface area (Å²) in [6, 6.07) is 6.12. The molecule has 0 bridgehead atoms. The van der Waals surface area contributed by atoms with Crippen molar-refractivity contribution in [2.45, 2.75) is 12.8 Å². The lowest BCUT2D eigenvalue weighted by Crippen LogP contribution is -2.45. The first-order chi connectivity index (χ1) is 10.6. The number of rotatable bonds is 6. The van der Waals surface area contributed by atoms with Crippen LogP contribution in [-0.2, 0) is 9.59 Å². The van der Waals surface area contributed by atoms with Crippen LogP contribution in [0.4, 0.5) is 0 Å². The van der Waals surface area contributed by atoms with Crippen LogP contribution in [0.2, 0.25) is 0 Å². The second-order valence-corrected chi connectivity index (χ2v) is 4.96. The van der Waals surface area contributed by atoms with Gasteiger partial charge in [-0.15, -0.1) is 0 Å². The molecule has 2 amide bonds. The second-order valence-electron chi connectivity index (χ2n) is 4.96. The highest BCUT2D eigenvalue weighted by Gasteiger charge is 2.28. The summed E-state index contributed by atoms with van der Waals surface area (Å²) in [6.07, 6.45) is 1.35. The van der Waals surface area contributed by atoms with E-state index in [0.717, 1.165) is 6.42 Å². The van der Waals surface area contributed by atoms with Crippen LogP contribution in [0, 0.1) is 5.92 Å². The molecule has 1 saturated heterocycles. The molecule has 1 aliphatic heterocycles. The number of hydrogen-bond donors (Lipinski definition) is 3. The Hall–Kier alpha value is -2.57. The highest BCUT2D eigenvalue weighted by Crippen LogP contribution is 2.13. The third-order valence-corrected chi connectivity index (χ3v) is 3.35. The van der Waals surface area contributed by atoms with E-state index in [1.165, 1.54) is 12.1 Å². The molecule has 1 fully saturated rings. The predicted molar refractivity (Wildman–Crippen MR) is 77.6 cm³/mol. The first kappa shape index (κ1) is 15.8. The van der Waals surface area contributed by atoms with E-state index in [2.05, 4.69) is 10.6 Å². The number of piperidine rings is 1. The molecule has 0 radical (unpaired) electrons. The number of aromatic carboxylic acids is 1. The Bertz CT molecular complexity index is 573. The number of carboxylic acid groups (broad SMARTS) is 1. The highest BCUT2D eigenvalue weighted by molar-refractivity contribution is 6.00. The maximum Gasteiger partial charge on any atom is 0.335 e. The lowest BCUT2D eigenvalue weighted by atomic mass is 9.98. The molecule has 7 heteroatoms. The molecule has 3 N–H and O–H groups in total. The van der Waals surface area contributed by atoms with Gasteiger partial charge in [-0.1, -0.05) is 6.07 Å². The maximum absolute atomic E-state index is 11.9. The zero-order valence-electron chi connectivity index (χ0n) is 12.0. The van der Waals surface area contributed by atoms with Crippen molar-refractivity contribution in [3.8, 4) is 5.75 Å². The number of nitrogens with one attached hydrogen (secondary N) is 2. The van der Waals surface area contributed by atoms with Gasteiger partial charge in [0.25, 0.3) is 0 Å². The Morgan fingerprint density at radius 2 is 2.23 bits per heavy atom. The minimum absolute atomic E-state index is 0.139. The number of ether oxygens (including phenoxy) is 1. The third kappa shape index (κ3) is 4.21. The van der Waals surface area contributed by atoms with E-state index in [4.69, 9.17) is 9.84 Å². The minimum atomic E-state index is -1.03. The van der Waals surface area contributed by atoms with Gasteiger partial charge in [0.1, 0.15) is 18.3 Å². The summed E-state index contributed by atoms with van der Waals surface area (Å²) < 4.78 is 5.38. The predicted octanol–water partition coefficient (Wildman–Crippen LogP) is 0.406. The molecule has 1 aliphatic rings. The molecule has 0 aromatic heterocycles. The topological polar surface area (TPSA) is 105 Å². The average Bonchev–Trinajstić information content (AvgIpc) is 2.52. The first-order valence-electron chi connectivity index (χ1n) is 7.09. The normalized spacial score (nSPS) is 17.5. The van der Waals surface area contributed by atoms with Crippen molar-refractivity contribution in [3.05, 3.63) is 29.8 Å². The molecule has 0 spiro atoms. The van der Waals surface area contributed by atoms with Crippen LogP contribution in [0.5, 0.6) is 5.75 Å². The quantitative estimate of drug-likeness (QED) is 0.521. The van der Waals surface area contributed by atoms with E-state index in [1.807, 2.05) is 0 Å². The molecule has 0 saturated carbocycles. The van der Waals surface area contributed by atoms with Crippen molar-refractivity contribution in [2.24, 2.45) is 5.92 Å². The summed E-state index contributed by atoms with van der Waals surface area (Å²) >= 11 is 0. The van der Waals surface area contributed by atoms with Crippen molar-refractivity contribution < 1.29 is 24.2 Å². The van der Waals surface area contributed by atoms with Gasteiger partial charge in [-0.25, -0.2) is 4.79 Å². The van der Waals surface area contributed by atoms with Gasteiger partial charge in [-0.05, 0) is 31.0 Å². The van der Waals surface area contributed by atoms with Crippen LogP contribution < -0.4 is 15.4 Å². The van der Waals surface area contributed by atoms with Crippen LogP contribution in [0.25, 0.3) is 0 Å². The standard InChI is InChI=1S/C15H18N2O5/c18-13-12(5-2-6-16-13)14(19)17-7-8-22-11-4-1-3-10(9-11)15(20)21/h1,3-4,9,12H,2,5-8H2,(H,16,18)(H,17,19)(H,20,21)/t12-/m1/s1. The monoisotopic (exact) mass is 306 g/mol. The van der Waals surface area contributed by atoms with E-state index >= 15 is 0 Å². The Balaban J connectivity index is 1.75. The van der Waals surface area contributed by atoms with Gasteiger partial charge < -0.3 is 20.5 Å². The Morgan fingerprint density at radius 3 is 2.95 bits per heavy atom. The fourth-order valence-corrected chi connectivity index (χ4v) is 2.21. The zero-order valence-corrected chi connectivity index (χ0v) is 12.0. The molecule has 1 atom stereocenters. The molecule has 0 unspecified atom stereocenters. The van der Waals surface area contributed by atoms with Crippen molar-refractivity contribution in [1.82, 2.24) is 10.6 Å². The summed E-state index contributed by atoms with van der Waals surface area (Å²) in [5.41, 5.74) is 0.139. The summed E-state index contributed by atoms with van der Waals surface area (Å²) in [7, 11) is 0. The molecule has 1 aromatic carbocycles. The van der Waals surface area contributed by atoms with Crippen molar-refractivity contribution >= 4 is 17.8 Å². The molecule has 1 heterocycles. The zero-order chi connectivity index (χ0) is 15.9. The van der Waals surface area contributed by atoms with E-state index in [1.54, 1.807) is 12.1 Å². The largest absolute Gasteiger partial charge is 0.492 e. The van der Waals surface area contributed by atoms with Gasteiger partial charge in [0.05, 0.1) is 12.1 Å². The van der Waals surface area contributed by atoms with Gasteiger partial charge >= 0.3 is 5.97 Å². The fraction of sp³-hybridized carbons (Fsp3) is 0.400. The van der Waals surface area contributed by atoms with Gasteiger partial charge in [-0.3, -0.25) is 9.59 Å². The SMILES string of the molecule is O=C(O)c1cccc(OCCNC(=O)[C@@H]2CCCNC2=O)c1. The van der Waals surface area contributed by atoms with Crippen LogP contribution in [-0.4, -0.2) is 42.6 Å². The van der Waals surface area contributed by atoms with Crippen LogP contribution >= 0.6 is 0 Å². The van der Waals surface area contributed by atoms with E-state index in [-0.39, 0.29) is 30.5 Å². The number of amides is 2. The van der Waals surface area contributed by atoms with E-state index in [0.29, 0.717) is 18.7 Å². The number of carboxylic acids is 1. The third-order valence-electron chi connectivity index (χ3n) is 3.35. The molecule has 22 heavy (non-hydrogen) atoms. The number of benzene rings is 1. The second kappa shape index (κ2) is 7.44. The number of carbonyl (C=O) groups is 3.